The first-order valence-corrected chi connectivity index (χ1v) is 6.24. The van der Waals surface area contributed by atoms with Gasteiger partial charge in [-0.3, -0.25) is 4.79 Å². The minimum absolute atomic E-state index is 0.0137. The summed E-state index contributed by atoms with van der Waals surface area (Å²) in [7, 11) is 1.58. The van der Waals surface area contributed by atoms with Gasteiger partial charge < -0.3 is 9.72 Å². The van der Waals surface area contributed by atoms with Gasteiger partial charge in [-0.15, -0.1) is 0 Å². The SMILES string of the molecule is COc1ccc(Cl)c2c(=O)c(C(C)C)c(C)[nH]c12. The number of hydrogen-bond acceptors (Lipinski definition) is 2. The summed E-state index contributed by atoms with van der Waals surface area (Å²) in [6.45, 7) is 5.89. The van der Waals surface area contributed by atoms with Gasteiger partial charge in [0.05, 0.1) is 23.0 Å². The Kier molecular flexibility index (Phi) is 3.35. The van der Waals surface area contributed by atoms with Gasteiger partial charge in [-0.1, -0.05) is 25.4 Å². The van der Waals surface area contributed by atoms with Crippen molar-refractivity contribution in [2.75, 3.05) is 7.11 Å². The van der Waals surface area contributed by atoms with Gasteiger partial charge in [0.15, 0.2) is 5.43 Å². The maximum atomic E-state index is 12.5. The summed E-state index contributed by atoms with van der Waals surface area (Å²) < 4.78 is 5.26. The number of aromatic amines is 1. The van der Waals surface area contributed by atoms with Crippen LogP contribution in [0.2, 0.25) is 5.02 Å². The number of nitrogens with one attached hydrogen (secondary N) is 1. The molecule has 0 aliphatic heterocycles. The van der Waals surface area contributed by atoms with E-state index in [0.717, 1.165) is 11.3 Å². The highest BCUT2D eigenvalue weighted by atomic mass is 35.5. The molecule has 2 rings (SSSR count). The van der Waals surface area contributed by atoms with Crippen LogP contribution in [0.1, 0.15) is 31.0 Å². The van der Waals surface area contributed by atoms with Crippen molar-refractivity contribution < 1.29 is 4.74 Å². The van der Waals surface area contributed by atoms with Crippen LogP contribution in [-0.2, 0) is 0 Å². The maximum Gasteiger partial charge on any atom is 0.194 e. The molecule has 18 heavy (non-hydrogen) atoms. The van der Waals surface area contributed by atoms with Crippen molar-refractivity contribution in [1.29, 1.82) is 0 Å². The minimum Gasteiger partial charge on any atom is -0.495 e. The lowest BCUT2D eigenvalue weighted by atomic mass is 9.99. The lowest BCUT2D eigenvalue weighted by Crippen LogP contribution is -2.15. The van der Waals surface area contributed by atoms with Crippen molar-refractivity contribution in [3.05, 3.63) is 38.6 Å². The lowest BCUT2D eigenvalue weighted by molar-refractivity contribution is 0.419. The first kappa shape index (κ1) is 13.0. The summed E-state index contributed by atoms with van der Waals surface area (Å²) in [5.74, 6) is 0.783. The van der Waals surface area contributed by atoms with Crippen LogP contribution < -0.4 is 10.2 Å². The van der Waals surface area contributed by atoms with E-state index in [1.54, 1.807) is 19.2 Å². The van der Waals surface area contributed by atoms with Gasteiger partial charge in [0.2, 0.25) is 0 Å². The Hall–Kier alpha value is -1.48. The monoisotopic (exact) mass is 265 g/mol. The summed E-state index contributed by atoms with van der Waals surface area (Å²) in [4.78, 5) is 15.8. The predicted octanol–water partition coefficient (Wildman–Crippen LogP) is 3.62. The number of methoxy groups -OCH3 is 1. The fourth-order valence-corrected chi connectivity index (χ4v) is 2.57. The van der Waals surface area contributed by atoms with Crippen molar-refractivity contribution >= 4 is 22.5 Å². The highest BCUT2D eigenvalue weighted by Crippen LogP contribution is 2.29. The summed E-state index contributed by atoms with van der Waals surface area (Å²) in [6, 6.07) is 3.45. The molecule has 0 saturated heterocycles. The molecule has 1 N–H and O–H groups in total. The third kappa shape index (κ3) is 1.89. The van der Waals surface area contributed by atoms with Crippen LogP contribution in [0.15, 0.2) is 16.9 Å². The molecule has 1 heterocycles. The van der Waals surface area contributed by atoms with Crippen molar-refractivity contribution in [2.45, 2.75) is 26.7 Å². The molecule has 3 nitrogen and oxygen atoms in total. The summed E-state index contributed by atoms with van der Waals surface area (Å²) in [5.41, 5.74) is 2.29. The molecule has 96 valence electrons. The van der Waals surface area contributed by atoms with E-state index in [-0.39, 0.29) is 11.3 Å². The van der Waals surface area contributed by atoms with Crippen molar-refractivity contribution in [2.24, 2.45) is 0 Å². The van der Waals surface area contributed by atoms with Gasteiger partial charge >= 0.3 is 0 Å². The second-order valence-electron chi connectivity index (χ2n) is 4.65. The van der Waals surface area contributed by atoms with E-state index >= 15 is 0 Å². The third-order valence-corrected chi connectivity index (χ3v) is 3.42. The van der Waals surface area contributed by atoms with E-state index in [1.165, 1.54) is 0 Å². The van der Waals surface area contributed by atoms with Crippen LogP contribution >= 0.6 is 11.6 Å². The summed E-state index contributed by atoms with van der Waals surface area (Å²) in [5, 5.41) is 0.958. The van der Waals surface area contributed by atoms with Crippen LogP contribution in [0.4, 0.5) is 0 Å². The molecule has 4 heteroatoms. The zero-order chi connectivity index (χ0) is 13.4. The number of aryl methyl sites for hydroxylation is 1. The maximum absolute atomic E-state index is 12.5. The molecule has 0 radical (unpaired) electrons. The van der Waals surface area contributed by atoms with Gasteiger partial charge in [0.25, 0.3) is 0 Å². The molecule has 0 atom stereocenters. The molecule has 0 spiro atoms. The molecule has 0 bridgehead atoms. The van der Waals surface area contributed by atoms with Gasteiger partial charge in [0, 0.05) is 11.3 Å². The Morgan fingerprint density at radius 1 is 1.33 bits per heavy atom. The standard InChI is InChI=1S/C14H16ClNO2/c1-7(2)11-8(3)16-13-10(18-4)6-5-9(15)12(13)14(11)17/h5-7H,1-4H3,(H,16,17). The molecular formula is C14H16ClNO2. The predicted molar refractivity (Wildman–Crippen MR) is 75.0 cm³/mol. The van der Waals surface area contributed by atoms with Gasteiger partial charge in [-0.25, -0.2) is 0 Å². The number of fused-ring (bicyclic) bond motifs is 1. The molecule has 0 aliphatic carbocycles. The van der Waals surface area contributed by atoms with Gasteiger partial charge in [0.1, 0.15) is 5.75 Å². The van der Waals surface area contributed by atoms with E-state index in [9.17, 15) is 4.79 Å². The number of aromatic nitrogens is 1. The molecule has 1 aromatic carbocycles. The zero-order valence-electron chi connectivity index (χ0n) is 10.9. The second-order valence-corrected chi connectivity index (χ2v) is 5.05. The van der Waals surface area contributed by atoms with Gasteiger partial charge in [-0.2, -0.15) is 0 Å². The van der Waals surface area contributed by atoms with Crippen molar-refractivity contribution in [3.63, 3.8) is 0 Å². The van der Waals surface area contributed by atoms with Crippen LogP contribution in [0, 0.1) is 6.92 Å². The molecule has 2 aromatic rings. The third-order valence-electron chi connectivity index (χ3n) is 3.10. The van der Waals surface area contributed by atoms with Crippen LogP contribution in [0.25, 0.3) is 10.9 Å². The summed E-state index contributed by atoms with van der Waals surface area (Å²) in [6.07, 6.45) is 0. The first-order chi connectivity index (χ1) is 8.47. The largest absolute Gasteiger partial charge is 0.495 e. The van der Waals surface area contributed by atoms with E-state index in [4.69, 9.17) is 16.3 Å². The fraction of sp³-hybridized carbons (Fsp3) is 0.357. The first-order valence-electron chi connectivity index (χ1n) is 5.86. The van der Waals surface area contributed by atoms with E-state index in [2.05, 4.69) is 4.98 Å². The minimum atomic E-state index is -0.0137. The Morgan fingerprint density at radius 3 is 2.56 bits per heavy atom. The second kappa shape index (κ2) is 4.65. The number of benzene rings is 1. The Labute approximate surface area is 111 Å². The number of ether oxygens (including phenoxy) is 1. The number of rotatable bonds is 2. The molecule has 1 aromatic heterocycles. The average Bonchev–Trinajstić information content (AvgIpc) is 2.28. The molecule has 0 unspecified atom stereocenters. The lowest BCUT2D eigenvalue weighted by Gasteiger charge is -2.13. The van der Waals surface area contributed by atoms with Crippen LogP contribution in [0.3, 0.4) is 0 Å². The van der Waals surface area contributed by atoms with E-state index < -0.39 is 0 Å². The zero-order valence-corrected chi connectivity index (χ0v) is 11.7. The van der Waals surface area contributed by atoms with Crippen molar-refractivity contribution in [3.8, 4) is 5.75 Å². The average molecular weight is 266 g/mol. The van der Waals surface area contributed by atoms with Crippen LogP contribution in [0.5, 0.6) is 5.75 Å². The highest BCUT2D eigenvalue weighted by molar-refractivity contribution is 6.35. The van der Waals surface area contributed by atoms with Crippen molar-refractivity contribution in [1.82, 2.24) is 4.98 Å². The topological polar surface area (TPSA) is 42.1 Å². The smallest absolute Gasteiger partial charge is 0.194 e. The van der Waals surface area contributed by atoms with Gasteiger partial charge in [-0.05, 0) is 25.0 Å². The number of H-pyrrole nitrogens is 1. The molecule has 0 amide bonds. The molecule has 0 aliphatic rings. The number of hydrogen-bond donors (Lipinski definition) is 1. The number of pyridine rings is 1. The highest BCUT2D eigenvalue weighted by Gasteiger charge is 2.16. The number of halogens is 1. The normalized spacial score (nSPS) is 11.2. The quantitative estimate of drug-likeness (QED) is 0.901. The summed E-state index contributed by atoms with van der Waals surface area (Å²) >= 11 is 6.14. The van der Waals surface area contributed by atoms with E-state index in [1.807, 2.05) is 20.8 Å². The van der Waals surface area contributed by atoms with Crippen LogP contribution in [-0.4, -0.2) is 12.1 Å². The molecule has 0 saturated carbocycles. The fourth-order valence-electron chi connectivity index (χ4n) is 2.33. The molecular weight excluding hydrogens is 250 g/mol. The Bertz CT molecular complexity index is 659. The van der Waals surface area contributed by atoms with E-state index in [0.29, 0.717) is 21.7 Å². The molecule has 0 fully saturated rings. The Morgan fingerprint density at radius 2 is 2.00 bits per heavy atom. The Balaban J connectivity index is 2.99.